The number of carbonyl (C=O) groups is 2. The fourth-order valence-electron chi connectivity index (χ4n) is 4.49. The maximum Gasteiger partial charge on any atom is 0.254 e. The van der Waals surface area contributed by atoms with E-state index in [1.807, 2.05) is 30.9 Å². The molecule has 166 valence electrons. The second-order valence-electron chi connectivity index (χ2n) is 9.42. The summed E-state index contributed by atoms with van der Waals surface area (Å²) in [5, 5.41) is 3.65. The first-order chi connectivity index (χ1) is 14.6. The lowest BCUT2D eigenvalue weighted by Crippen LogP contribution is -2.55. The molecule has 0 bridgehead atoms. The second-order valence-corrected chi connectivity index (χ2v) is 9.86. The van der Waals surface area contributed by atoms with Gasteiger partial charge in [0.15, 0.2) is 0 Å². The average Bonchev–Trinajstić information content (AvgIpc) is 2.71. The second kappa shape index (κ2) is 9.31. The molecule has 2 amide bonds. The van der Waals surface area contributed by atoms with Crippen LogP contribution in [0.15, 0.2) is 48.5 Å². The van der Waals surface area contributed by atoms with Crippen LogP contribution >= 0.6 is 11.6 Å². The fraction of sp³-hybridized carbons (Fsp3) is 0.440. The van der Waals surface area contributed by atoms with Crippen LogP contribution in [0, 0.1) is 11.3 Å². The average molecular weight is 442 g/mol. The van der Waals surface area contributed by atoms with E-state index in [-0.39, 0.29) is 23.1 Å². The van der Waals surface area contributed by atoms with Crippen molar-refractivity contribution in [2.45, 2.75) is 46.1 Å². The zero-order chi connectivity index (χ0) is 22.8. The summed E-state index contributed by atoms with van der Waals surface area (Å²) >= 11 is 6.05. The van der Waals surface area contributed by atoms with Crippen molar-refractivity contribution < 1.29 is 9.59 Å². The summed E-state index contributed by atoms with van der Waals surface area (Å²) in [5.41, 5.74) is 7.88. The molecule has 5 nitrogen and oxygen atoms in total. The van der Waals surface area contributed by atoms with Gasteiger partial charge >= 0.3 is 0 Å². The van der Waals surface area contributed by atoms with Crippen LogP contribution in [0.3, 0.4) is 0 Å². The standard InChI is InChI=1S/C25H32ClN3O2/c1-16(2)22(28-23(30)19-7-5-6-8-21(19)27)24(31)29-14-13-20(25(3,4)15-29)17-9-11-18(26)12-10-17/h5-12,16,20,22H,13-15,27H2,1-4H3,(H,28,30)/t20-,22-/m1/s1. The SMILES string of the molecule is CC(C)[C@@H](NC(=O)c1ccccc1N)C(=O)N1CC[C@H](c2ccc(Cl)cc2)C(C)(C)C1. The number of hydrogen-bond acceptors (Lipinski definition) is 3. The van der Waals surface area contributed by atoms with Crippen molar-refractivity contribution in [3.05, 3.63) is 64.7 Å². The number of amides is 2. The van der Waals surface area contributed by atoms with E-state index in [2.05, 4.69) is 31.3 Å². The highest BCUT2D eigenvalue weighted by Gasteiger charge is 2.40. The van der Waals surface area contributed by atoms with E-state index < -0.39 is 6.04 Å². The summed E-state index contributed by atoms with van der Waals surface area (Å²) < 4.78 is 0. The van der Waals surface area contributed by atoms with Crippen molar-refractivity contribution in [1.29, 1.82) is 0 Å². The molecule has 0 aliphatic carbocycles. The third kappa shape index (κ3) is 5.21. The third-order valence-corrected chi connectivity index (χ3v) is 6.49. The number of rotatable bonds is 5. The Kier molecular flexibility index (Phi) is 6.95. The lowest BCUT2D eigenvalue weighted by atomic mass is 9.70. The molecule has 1 heterocycles. The van der Waals surface area contributed by atoms with E-state index >= 15 is 0 Å². The van der Waals surface area contributed by atoms with E-state index in [0.29, 0.717) is 30.3 Å². The quantitative estimate of drug-likeness (QED) is 0.659. The molecule has 1 aliphatic heterocycles. The van der Waals surface area contributed by atoms with Gasteiger partial charge in [0.25, 0.3) is 5.91 Å². The van der Waals surface area contributed by atoms with Crippen LogP contribution in [0.1, 0.15) is 56.0 Å². The zero-order valence-corrected chi connectivity index (χ0v) is 19.4. The van der Waals surface area contributed by atoms with E-state index in [0.717, 1.165) is 11.4 Å². The van der Waals surface area contributed by atoms with E-state index in [9.17, 15) is 9.59 Å². The Balaban J connectivity index is 1.73. The molecule has 0 unspecified atom stereocenters. The first-order valence-corrected chi connectivity index (χ1v) is 11.2. The molecule has 1 aliphatic rings. The number of nitrogens with one attached hydrogen (secondary N) is 1. The van der Waals surface area contributed by atoms with Gasteiger partial charge in [-0.15, -0.1) is 0 Å². The number of carbonyl (C=O) groups excluding carboxylic acids is 2. The number of nitrogens with zero attached hydrogens (tertiary/aromatic N) is 1. The predicted molar refractivity (Wildman–Crippen MR) is 126 cm³/mol. The lowest BCUT2D eigenvalue weighted by molar-refractivity contribution is -0.137. The van der Waals surface area contributed by atoms with Gasteiger partial charge in [0, 0.05) is 23.8 Å². The first kappa shape index (κ1) is 23.1. The van der Waals surface area contributed by atoms with Crippen molar-refractivity contribution in [3.8, 4) is 0 Å². The molecular weight excluding hydrogens is 410 g/mol. The Morgan fingerprint density at radius 1 is 1.13 bits per heavy atom. The van der Waals surface area contributed by atoms with Crippen molar-refractivity contribution in [3.63, 3.8) is 0 Å². The van der Waals surface area contributed by atoms with E-state index in [1.54, 1.807) is 24.3 Å². The number of piperidine rings is 1. The number of benzene rings is 2. The molecule has 3 N–H and O–H groups in total. The summed E-state index contributed by atoms with van der Waals surface area (Å²) in [4.78, 5) is 28.1. The van der Waals surface area contributed by atoms with Crippen molar-refractivity contribution in [1.82, 2.24) is 10.2 Å². The van der Waals surface area contributed by atoms with Gasteiger partial charge in [-0.2, -0.15) is 0 Å². The molecule has 0 radical (unpaired) electrons. The summed E-state index contributed by atoms with van der Waals surface area (Å²) in [6, 6.07) is 14.3. The van der Waals surface area contributed by atoms with Gasteiger partial charge in [0.1, 0.15) is 6.04 Å². The molecule has 1 saturated heterocycles. The summed E-state index contributed by atoms with van der Waals surface area (Å²) in [6.45, 7) is 9.57. The minimum Gasteiger partial charge on any atom is -0.398 e. The predicted octanol–water partition coefficient (Wildman–Crippen LogP) is 4.72. The number of hydrogen-bond donors (Lipinski definition) is 2. The molecular formula is C25H32ClN3O2. The maximum atomic E-state index is 13.4. The van der Waals surface area contributed by atoms with Crippen LogP contribution in [-0.2, 0) is 4.79 Å². The number of nitrogens with two attached hydrogens (primary N) is 1. The van der Waals surface area contributed by atoms with Crippen LogP contribution in [0.2, 0.25) is 5.02 Å². The van der Waals surface area contributed by atoms with Crippen molar-refractivity contribution >= 4 is 29.1 Å². The van der Waals surface area contributed by atoms with Gasteiger partial charge in [-0.1, -0.05) is 63.6 Å². The van der Waals surface area contributed by atoms with Gasteiger partial charge in [0.2, 0.25) is 5.91 Å². The molecule has 1 fully saturated rings. The molecule has 2 aromatic carbocycles. The van der Waals surface area contributed by atoms with Crippen molar-refractivity contribution in [2.75, 3.05) is 18.8 Å². The number of halogens is 1. The number of likely N-dealkylation sites (tertiary alicyclic amines) is 1. The minimum atomic E-state index is -0.602. The van der Waals surface area contributed by atoms with Gasteiger partial charge in [-0.25, -0.2) is 0 Å². The molecule has 2 aromatic rings. The van der Waals surface area contributed by atoms with Crippen LogP contribution in [0.25, 0.3) is 0 Å². The van der Waals surface area contributed by atoms with Crippen LogP contribution in [0.4, 0.5) is 5.69 Å². The maximum absolute atomic E-state index is 13.4. The Morgan fingerprint density at radius 2 is 1.77 bits per heavy atom. The smallest absolute Gasteiger partial charge is 0.254 e. The lowest BCUT2D eigenvalue weighted by Gasteiger charge is -2.45. The largest absolute Gasteiger partial charge is 0.398 e. The molecule has 6 heteroatoms. The molecule has 31 heavy (non-hydrogen) atoms. The van der Waals surface area contributed by atoms with Crippen LogP contribution < -0.4 is 11.1 Å². The van der Waals surface area contributed by atoms with Gasteiger partial charge in [0.05, 0.1) is 5.56 Å². The van der Waals surface area contributed by atoms with Crippen LogP contribution in [-0.4, -0.2) is 35.8 Å². The minimum absolute atomic E-state index is 0.0412. The zero-order valence-electron chi connectivity index (χ0n) is 18.7. The monoisotopic (exact) mass is 441 g/mol. The molecule has 2 atom stereocenters. The summed E-state index contributed by atoms with van der Waals surface area (Å²) in [5.74, 6) is -0.0653. The summed E-state index contributed by atoms with van der Waals surface area (Å²) in [6.07, 6.45) is 0.866. The highest BCUT2D eigenvalue weighted by Crippen LogP contribution is 2.42. The van der Waals surface area contributed by atoms with E-state index in [1.165, 1.54) is 5.56 Å². The first-order valence-electron chi connectivity index (χ1n) is 10.8. The number of anilines is 1. The number of nitrogen functional groups attached to an aromatic ring is 1. The van der Waals surface area contributed by atoms with Gasteiger partial charge < -0.3 is 16.0 Å². The normalized spacial score (nSPS) is 19.2. The van der Waals surface area contributed by atoms with Gasteiger partial charge in [-0.3, -0.25) is 9.59 Å². The molecule has 3 rings (SSSR count). The Labute approximate surface area is 190 Å². The fourth-order valence-corrected chi connectivity index (χ4v) is 4.62. The van der Waals surface area contributed by atoms with Gasteiger partial charge in [-0.05, 0) is 53.5 Å². The van der Waals surface area contributed by atoms with Crippen molar-refractivity contribution in [2.24, 2.45) is 11.3 Å². The Morgan fingerprint density at radius 3 is 2.35 bits per heavy atom. The van der Waals surface area contributed by atoms with E-state index in [4.69, 9.17) is 17.3 Å². The topological polar surface area (TPSA) is 75.4 Å². The Bertz CT molecular complexity index is 940. The summed E-state index contributed by atoms with van der Waals surface area (Å²) in [7, 11) is 0. The Hall–Kier alpha value is -2.53. The number of para-hydroxylation sites is 1. The highest BCUT2D eigenvalue weighted by molar-refractivity contribution is 6.30. The highest BCUT2D eigenvalue weighted by atomic mass is 35.5. The third-order valence-electron chi connectivity index (χ3n) is 6.24. The molecule has 0 spiro atoms. The molecule has 0 aromatic heterocycles. The molecule has 0 saturated carbocycles. The van der Waals surface area contributed by atoms with Crippen LogP contribution in [0.5, 0.6) is 0 Å².